The average Bonchev–Trinajstić information content (AvgIpc) is 3.28. The minimum Gasteiger partial charge on any atom is -0.493 e. The van der Waals surface area contributed by atoms with Gasteiger partial charge in [-0.1, -0.05) is 18.2 Å². The summed E-state index contributed by atoms with van der Waals surface area (Å²) < 4.78 is 90.1. The van der Waals surface area contributed by atoms with Crippen molar-refractivity contribution in [1.29, 1.82) is 0 Å². The first-order valence-corrected chi connectivity index (χ1v) is 12.8. The maximum atomic E-state index is 13.5. The van der Waals surface area contributed by atoms with Crippen LogP contribution in [0.1, 0.15) is 33.5 Å². The lowest BCUT2D eigenvalue weighted by molar-refractivity contribution is -0.143. The van der Waals surface area contributed by atoms with Gasteiger partial charge in [0.25, 0.3) is 5.91 Å². The topological polar surface area (TPSA) is 64.0 Å². The normalized spacial score (nSPS) is 14.8. The van der Waals surface area contributed by atoms with Crippen LogP contribution in [0.25, 0.3) is 6.08 Å². The van der Waals surface area contributed by atoms with Crippen LogP contribution < -0.4 is 9.47 Å². The predicted octanol–water partition coefficient (Wildman–Crippen LogP) is 7.12. The molecule has 0 radical (unpaired) electrons. The number of aliphatic imine (C=N–C) groups is 1. The van der Waals surface area contributed by atoms with Gasteiger partial charge in [0, 0.05) is 18.8 Å². The summed E-state index contributed by atoms with van der Waals surface area (Å²) in [7, 11) is 3.12. The molecular weight excluding hydrogens is 572 g/mol. The van der Waals surface area contributed by atoms with Crippen LogP contribution in [0.3, 0.4) is 0 Å². The molecule has 216 valence electrons. The lowest BCUT2D eigenvalue weighted by atomic mass is 10.0. The minimum absolute atomic E-state index is 0.0623. The molecule has 13 heteroatoms. The lowest BCUT2D eigenvalue weighted by Gasteiger charge is -2.18. The van der Waals surface area contributed by atoms with E-state index < -0.39 is 41.6 Å². The van der Waals surface area contributed by atoms with E-state index >= 15 is 0 Å². The molecule has 0 fully saturated rings. The molecule has 0 N–H and O–H groups in total. The van der Waals surface area contributed by atoms with Crippen molar-refractivity contribution in [3.05, 3.63) is 93.1 Å². The van der Waals surface area contributed by atoms with Gasteiger partial charge in [0.1, 0.15) is 6.61 Å². The highest BCUT2D eigenvalue weighted by molar-refractivity contribution is 8.18. The van der Waals surface area contributed by atoms with E-state index in [2.05, 4.69) is 9.98 Å². The third kappa shape index (κ3) is 7.20. The van der Waals surface area contributed by atoms with Gasteiger partial charge in [0.2, 0.25) is 0 Å². The Hall–Kier alpha value is -4.00. The van der Waals surface area contributed by atoms with Gasteiger partial charge in [0.15, 0.2) is 16.7 Å². The predicted molar refractivity (Wildman–Crippen MR) is 142 cm³/mol. The summed E-state index contributed by atoms with van der Waals surface area (Å²) in [5, 5.41) is 0.496. The Balaban J connectivity index is 1.48. The highest BCUT2D eigenvalue weighted by Crippen LogP contribution is 2.39. The van der Waals surface area contributed by atoms with Crippen LogP contribution in [0.4, 0.5) is 26.3 Å². The Morgan fingerprint density at radius 3 is 2.41 bits per heavy atom. The van der Waals surface area contributed by atoms with Crippen LogP contribution in [0.2, 0.25) is 0 Å². The Bertz CT molecular complexity index is 1520. The number of pyridine rings is 1. The van der Waals surface area contributed by atoms with E-state index in [1.165, 1.54) is 31.0 Å². The molecule has 2 aromatic carbocycles. The van der Waals surface area contributed by atoms with Crippen molar-refractivity contribution in [2.45, 2.75) is 32.4 Å². The number of thioether (sulfide) groups is 1. The number of carbonyl (C=O) groups is 1. The molecule has 1 amide bonds. The molecule has 1 aliphatic rings. The lowest BCUT2D eigenvalue weighted by Crippen LogP contribution is -2.23. The quantitative estimate of drug-likeness (QED) is 0.214. The summed E-state index contributed by atoms with van der Waals surface area (Å²) in [6, 6.07) is 9.67. The number of amides is 1. The number of carbonyl (C=O) groups excluding carboxylic acids is 1. The molecular formula is C28H23F6N3O3S. The summed E-state index contributed by atoms with van der Waals surface area (Å²) in [4.78, 5) is 23.2. The van der Waals surface area contributed by atoms with Gasteiger partial charge in [-0.2, -0.15) is 31.3 Å². The molecule has 6 nitrogen and oxygen atoms in total. The van der Waals surface area contributed by atoms with E-state index in [9.17, 15) is 31.1 Å². The zero-order valence-corrected chi connectivity index (χ0v) is 22.7. The Morgan fingerprint density at radius 2 is 1.76 bits per heavy atom. The molecule has 0 bridgehead atoms. The van der Waals surface area contributed by atoms with Crippen molar-refractivity contribution in [3.8, 4) is 11.5 Å². The number of aromatic nitrogens is 1. The van der Waals surface area contributed by atoms with Gasteiger partial charge >= 0.3 is 12.4 Å². The number of aryl methyl sites for hydroxylation is 1. The number of ether oxygens (including phenoxy) is 2. The van der Waals surface area contributed by atoms with Crippen LogP contribution in [0, 0.1) is 6.92 Å². The Kier molecular flexibility index (Phi) is 8.66. The number of halogens is 6. The van der Waals surface area contributed by atoms with Crippen molar-refractivity contribution in [2.75, 3.05) is 14.2 Å². The standard InChI is InChI=1S/C28H23F6N3O3S/c1-16-5-4-10-35-21(16)14-37(2)26-36-25(38)24(41-26)12-17-6-9-22(23(11-17)39-3)40-15-18-7-8-19(27(29,30)31)13-20(18)28(32,33)34/h4-13H,14-15H2,1-3H3/b24-12+. The molecule has 41 heavy (non-hydrogen) atoms. The second-order valence-corrected chi connectivity index (χ2v) is 10.0. The van der Waals surface area contributed by atoms with E-state index in [1.807, 2.05) is 24.0 Å². The van der Waals surface area contributed by atoms with Crippen molar-refractivity contribution in [2.24, 2.45) is 4.99 Å². The van der Waals surface area contributed by atoms with E-state index in [4.69, 9.17) is 9.47 Å². The van der Waals surface area contributed by atoms with Crippen molar-refractivity contribution in [1.82, 2.24) is 9.88 Å². The van der Waals surface area contributed by atoms with Crippen LogP contribution in [0.15, 0.2) is 64.6 Å². The summed E-state index contributed by atoms with van der Waals surface area (Å²) in [6.07, 6.45) is -6.66. The molecule has 0 atom stereocenters. The fourth-order valence-electron chi connectivity index (χ4n) is 3.88. The van der Waals surface area contributed by atoms with Gasteiger partial charge in [-0.05, 0) is 66.2 Å². The highest BCUT2D eigenvalue weighted by atomic mass is 32.2. The maximum absolute atomic E-state index is 13.5. The first-order valence-electron chi connectivity index (χ1n) is 12.0. The van der Waals surface area contributed by atoms with Gasteiger partial charge in [-0.15, -0.1) is 0 Å². The van der Waals surface area contributed by atoms with Gasteiger partial charge in [-0.3, -0.25) is 9.78 Å². The number of benzene rings is 2. The number of methoxy groups -OCH3 is 1. The fourth-order valence-corrected chi connectivity index (χ4v) is 4.75. The van der Waals surface area contributed by atoms with E-state index in [0.717, 1.165) is 17.3 Å². The summed E-state index contributed by atoms with van der Waals surface area (Å²) in [5.74, 6) is -0.217. The molecule has 0 saturated carbocycles. The number of nitrogens with zero attached hydrogens (tertiary/aromatic N) is 3. The summed E-state index contributed by atoms with van der Waals surface area (Å²) >= 11 is 1.18. The van der Waals surface area contributed by atoms with E-state index in [0.29, 0.717) is 28.2 Å². The number of alkyl halides is 6. The number of hydrogen-bond donors (Lipinski definition) is 0. The highest BCUT2D eigenvalue weighted by Gasteiger charge is 2.38. The molecule has 0 spiro atoms. The van der Waals surface area contributed by atoms with Gasteiger partial charge in [-0.25, -0.2) is 0 Å². The first kappa shape index (κ1) is 30.0. The number of hydrogen-bond acceptors (Lipinski definition) is 6. The van der Waals surface area contributed by atoms with E-state index in [1.54, 1.807) is 25.4 Å². The second kappa shape index (κ2) is 11.9. The van der Waals surface area contributed by atoms with Gasteiger partial charge < -0.3 is 14.4 Å². The summed E-state index contributed by atoms with van der Waals surface area (Å²) in [6.45, 7) is 1.74. The molecule has 4 rings (SSSR count). The number of amidine groups is 1. The fraction of sp³-hybridized carbons (Fsp3) is 0.250. The third-order valence-corrected chi connectivity index (χ3v) is 7.15. The Morgan fingerprint density at radius 1 is 1.00 bits per heavy atom. The molecule has 1 aromatic heterocycles. The van der Waals surface area contributed by atoms with E-state index in [-0.39, 0.29) is 17.6 Å². The molecule has 0 aliphatic carbocycles. The third-order valence-electron chi connectivity index (χ3n) is 6.05. The first-order chi connectivity index (χ1) is 19.3. The maximum Gasteiger partial charge on any atom is 0.416 e. The second-order valence-electron chi connectivity index (χ2n) is 9.00. The molecule has 0 saturated heterocycles. The monoisotopic (exact) mass is 595 g/mol. The zero-order valence-electron chi connectivity index (χ0n) is 21.9. The largest absolute Gasteiger partial charge is 0.493 e. The molecule has 3 aromatic rings. The molecule has 0 unspecified atom stereocenters. The smallest absolute Gasteiger partial charge is 0.416 e. The van der Waals surface area contributed by atoms with Crippen LogP contribution in [0.5, 0.6) is 11.5 Å². The average molecular weight is 596 g/mol. The zero-order chi connectivity index (χ0) is 29.9. The number of rotatable bonds is 7. The van der Waals surface area contributed by atoms with Crippen molar-refractivity contribution >= 4 is 28.9 Å². The SMILES string of the molecule is COc1cc(/C=C2/SC(N(C)Cc3ncccc3C)=NC2=O)ccc1OCc1ccc(C(F)(F)F)cc1C(F)(F)F. The van der Waals surface area contributed by atoms with Gasteiger partial charge in [0.05, 0.1) is 35.4 Å². The Labute approximate surface area is 235 Å². The molecule has 1 aliphatic heterocycles. The van der Waals surface area contributed by atoms with Crippen molar-refractivity contribution in [3.63, 3.8) is 0 Å². The van der Waals surface area contributed by atoms with Crippen LogP contribution in [-0.2, 0) is 30.3 Å². The van der Waals surface area contributed by atoms with Crippen LogP contribution >= 0.6 is 11.8 Å². The minimum atomic E-state index is -5.02. The van der Waals surface area contributed by atoms with Crippen LogP contribution in [-0.4, -0.2) is 35.1 Å². The van der Waals surface area contributed by atoms with Crippen molar-refractivity contribution < 1.29 is 40.6 Å². The molecule has 2 heterocycles. The summed E-state index contributed by atoms with van der Waals surface area (Å²) in [5.41, 5.74) is -0.928.